The number of piperazine rings is 1. The zero-order chi connectivity index (χ0) is 23.7. The van der Waals surface area contributed by atoms with Crippen molar-refractivity contribution in [3.8, 4) is 0 Å². The maximum absolute atomic E-state index is 13.3. The number of nitrogens with one attached hydrogen (secondary N) is 1. The molecule has 2 amide bonds. The van der Waals surface area contributed by atoms with E-state index in [2.05, 4.69) is 35.3 Å². The first-order valence-corrected chi connectivity index (χ1v) is 13.3. The van der Waals surface area contributed by atoms with Gasteiger partial charge in [-0.15, -0.1) is 11.8 Å². The molecule has 0 bridgehead atoms. The minimum Gasteiger partial charge on any atom is -0.368 e. The van der Waals surface area contributed by atoms with Gasteiger partial charge in [-0.25, -0.2) is 0 Å². The number of carbonyl (C=O) groups excluding carboxylic acids is 2. The van der Waals surface area contributed by atoms with Crippen molar-refractivity contribution in [1.82, 2.24) is 10.2 Å². The summed E-state index contributed by atoms with van der Waals surface area (Å²) in [6.45, 7) is 5.12. The normalized spacial score (nSPS) is 26.2. The third-order valence-corrected chi connectivity index (χ3v) is 8.72. The van der Waals surface area contributed by atoms with E-state index in [4.69, 9.17) is 11.6 Å². The van der Waals surface area contributed by atoms with Gasteiger partial charge in [-0.2, -0.15) is 0 Å². The molecule has 3 aliphatic rings. The topological polar surface area (TPSA) is 52.7 Å². The maximum Gasteiger partial charge on any atom is 0.257 e. The van der Waals surface area contributed by atoms with Crippen LogP contribution in [0, 0.1) is 12.8 Å². The minimum absolute atomic E-state index is 0.0119. The van der Waals surface area contributed by atoms with Gasteiger partial charge < -0.3 is 15.1 Å². The van der Waals surface area contributed by atoms with E-state index < -0.39 is 0 Å². The Morgan fingerprint density at radius 1 is 1.09 bits per heavy atom. The number of benzene rings is 2. The fourth-order valence-electron chi connectivity index (χ4n) is 5.24. The van der Waals surface area contributed by atoms with E-state index in [1.165, 1.54) is 5.56 Å². The summed E-state index contributed by atoms with van der Waals surface area (Å²) in [5, 5.41) is 4.27. The number of halogens is 1. The van der Waals surface area contributed by atoms with Crippen LogP contribution in [-0.2, 0) is 9.59 Å². The number of amides is 2. The molecule has 1 saturated carbocycles. The molecule has 2 aromatic rings. The lowest BCUT2D eigenvalue weighted by atomic mass is 9.84. The van der Waals surface area contributed by atoms with Gasteiger partial charge in [0.05, 0.1) is 4.91 Å². The van der Waals surface area contributed by atoms with E-state index in [-0.39, 0.29) is 23.8 Å². The van der Waals surface area contributed by atoms with Gasteiger partial charge >= 0.3 is 0 Å². The average Bonchev–Trinajstić information content (AvgIpc) is 2.84. The van der Waals surface area contributed by atoms with Crippen molar-refractivity contribution in [2.24, 2.45) is 5.92 Å². The number of rotatable bonds is 3. The predicted molar refractivity (Wildman–Crippen MR) is 140 cm³/mol. The molecule has 3 unspecified atom stereocenters. The van der Waals surface area contributed by atoms with Gasteiger partial charge in [-0.1, -0.05) is 47.5 Å². The fourth-order valence-corrected chi connectivity index (χ4v) is 6.72. The number of hydrogen-bond acceptors (Lipinski definition) is 4. The van der Waals surface area contributed by atoms with Crippen molar-refractivity contribution < 1.29 is 9.59 Å². The third-order valence-electron chi connectivity index (χ3n) is 7.06. The van der Waals surface area contributed by atoms with Gasteiger partial charge in [0, 0.05) is 54.1 Å². The van der Waals surface area contributed by atoms with Crippen LogP contribution in [0.15, 0.2) is 53.4 Å². The largest absolute Gasteiger partial charge is 0.368 e. The molecule has 2 saturated heterocycles. The molecule has 3 atom stereocenters. The number of hydrogen-bond donors (Lipinski definition) is 1. The molecule has 2 aromatic carbocycles. The molecular weight excluding hydrogens is 466 g/mol. The third kappa shape index (κ3) is 5.13. The van der Waals surface area contributed by atoms with Crippen LogP contribution in [0.4, 0.5) is 5.69 Å². The second-order valence-electron chi connectivity index (χ2n) is 9.46. The molecule has 3 fully saturated rings. The van der Waals surface area contributed by atoms with E-state index in [1.54, 1.807) is 11.8 Å². The highest BCUT2D eigenvalue weighted by atomic mass is 35.5. The summed E-state index contributed by atoms with van der Waals surface area (Å²) in [5.41, 5.74) is 3.34. The van der Waals surface area contributed by atoms with Crippen molar-refractivity contribution in [2.45, 2.75) is 37.5 Å². The average molecular weight is 496 g/mol. The maximum atomic E-state index is 13.3. The Kier molecular flexibility index (Phi) is 6.89. The Bertz CT molecular complexity index is 1110. The molecule has 178 valence electrons. The van der Waals surface area contributed by atoms with Gasteiger partial charge in [0.2, 0.25) is 5.91 Å². The van der Waals surface area contributed by atoms with Crippen LogP contribution in [0.3, 0.4) is 0 Å². The van der Waals surface area contributed by atoms with Gasteiger partial charge in [0.1, 0.15) is 0 Å². The monoisotopic (exact) mass is 495 g/mol. The SMILES string of the molecule is Cc1cccc(/C=C2/SC3CCC(C(=O)N4CCN(c5cccc(Cl)c5)CC4)CC3NC2=O)c1. The molecule has 0 spiro atoms. The highest BCUT2D eigenvalue weighted by Crippen LogP contribution is 2.40. The lowest BCUT2D eigenvalue weighted by molar-refractivity contribution is -0.137. The molecule has 1 aliphatic carbocycles. The van der Waals surface area contributed by atoms with Gasteiger partial charge in [-0.3, -0.25) is 9.59 Å². The number of anilines is 1. The molecule has 34 heavy (non-hydrogen) atoms. The summed E-state index contributed by atoms with van der Waals surface area (Å²) in [4.78, 5) is 31.2. The number of nitrogens with zero attached hydrogens (tertiary/aromatic N) is 2. The van der Waals surface area contributed by atoms with Crippen LogP contribution in [0.2, 0.25) is 5.02 Å². The minimum atomic E-state index is -0.0176. The van der Waals surface area contributed by atoms with Crippen molar-refractivity contribution >= 4 is 46.9 Å². The van der Waals surface area contributed by atoms with Crippen LogP contribution in [0.5, 0.6) is 0 Å². The Hall–Kier alpha value is -2.44. The number of thioether (sulfide) groups is 1. The standard InChI is InChI=1S/C27H30ClN3O2S/c1-18-4-2-5-19(14-18)15-25-26(32)29-23-16-20(8-9-24(23)34-25)27(33)31-12-10-30(11-13-31)22-7-3-6-21(28)17-22/h2-7,14-15,17,20,23-24H,8-13,16H2,1H3,(H,29,32)/b25-15+. The summed E-state index contributed by atoms with van der Waals surface area (Å²) in [7, 11) is 0. The van der Waals surface area contributed by atoms with E-state index in [0.717, 1.165) is 66.6 Å². The molecule has 5 nitrogen and oxygen atoms in total. The van der Waals surface area contributed by atoms with Crippen molar-refractivity contribution in [1.29, 1.82) is 0 Å². The smallest absolute Gasteiger partial charge is 0.257 e. The summed E-state index contributed by atoms with van der Waals surface area (Å²) in [6.07, 6.45) is 4.54. The van der Waals surface area contributed by atoms with E-state index in [1.807, 2.05) is 41.3 Å². The van der Waals surface area contributed by atoms with Gasteiger partial charge in [0.25, 0.3) is 5.91 Å². The molecule has 7 heteroatoms. The van der Waals surface area contributed by atoms with Crippen LogP contribution in [0.1, 0.15) is 30.4 Å². The zero-order valence-electron chi connectivity index (χ0n) is 19.4. The Morgan fingerprint density at radius 2 is 1.88 bits per heavy atom. The first-order chi connectivity index (χ1) is 16.5. The highest BCUT2D eigenvalue weighted by Gasteiger charge is 2.41. The lowest BCUT2D eigenvalue weighted by Gasteiger charge is -2.42. The van der Waals surface area contributed by atoms with Crippen LogP contribution in [0.25, 0.3) is 6.08 Å². The molecule has 2 heterocycles. The van der Waals surface area contributed by atoms with Gasteiger partial charge in [0.15, 0.2) is 0 Å². The summed E-state index contributed by atoms with van der Waals surface area (Å²) in [6, 6.07) is 16.1. The van der Waals surface area contributed by atoms with Crippen molar-refractivity contribution in [2.75, 3.05) is 31.1 Å². The first-order valence-electron chi connectivity index (χ1n) is 12.0. The van der Waals surface area contributed by atoms with Gasteiger partial charge in [-0.05, 0) is 56.0 Å². The number of fused-ring (bicyclic) bond motifs is 1. The zero-order valence-corrected chi connectivity index (χ0v) is 20.9. The second-order valence-corrected chi connectivity index (χ2v) is 11.2. The summed E-state index contributed by atoms with van der Waals surface area (Å²) in [5.74, 6) is 0.211. The Labute approximate surface area is 210 Å². The summed E-state index contributed by atoms with van der Waals surface area (Å²) < 4.78 is 0. The first kappa shape index (κ1) is 23.3. The van der Waals surface area contributed by atoms with Crippen LogP contribution >= 0.6 is 23.4 Å². The molecule has 2 aliphatic heterocycles. The number of carbonyl (C=O) groups is 2. The van der Waals surface area contributed by atoms with Crippen LogP contribution < -0.4 is 10.2 Å². The lowest BCUT2D eigenvalue weighted by Crippen LogP contribution is -2.54. The predicted octanol–water partition coefficient (Wildman–Crippen LogP) is 4.74. The van der Waals surface area contributed by atoms with Crippen LogP contribution in [-0.4, -0.2) is 54.2 Å². The number of aryl methyl sites for hydroxylation is 1. The molecular formula is C27H30ClN3O2S. The Balaban J connectivity index is 1.17. The van der Waals surface area contributed by atoms with E-state index in [0.29, 0.717) is 5.25 Å². The second kappa shape index (κ2) is 10.0. The Morgan fingerprint density at radius 3 is 2.65 bits per heavy atom. The quantitative estimate of drug-likeness (QED) is 0.625. The summed E-state index contributed by atoms with van der Waals surface area (Å²) >= 11 is 7.82. The molecule has 1 N–H and O–H groups in total. The van der Waals surface area contributed by atoms with Crippen molar-refractivity contribution in [3.05, 3.63) is 69.6 Å². The van der Waals surface area contributed by atoms with E-state index >= 15 is 0 Å². The van der Waals surface area contributed by atoms with E-state index in [9.17, 15) is 9.59 Å². The molecule has 0 aromatic heterocycles. The molecule has 5 rings (SSSR count). The highest BCUT2D eigenvalue weighted by molar-refractivity contribution is 8.04. The fraction of sp³-hybridized carbons (Fsp3) is 0.407. The van der Waals surface area contributed by atoms with Crippen molar-refractivity contribution in [3.63, 3.8) is 0 Å². The molecule has 0 radical (unpaired) electrons.